The molecule has 3 nitrogen and oxygen atoms in total. The Hall–Kier alpha value is -1.79. The van der Waals surface area contributed by atoms with Crippen molar-refractivity contribution in [3.05, 3.63) is 11.1 Å². The molecule has 0 aromatic rings. The molecule has 0 saturated heterocycles. The molecule has 52 valence electrons. The van der Waals surface area contributed by atoms with Gasteiger partial charge in [0.2, 0.25) is 0 Å². The van der Waals surface area contributed by atoms with Crippen LogP contribution in [0.2, 0.25) is 0 Å². The lowest BCUT2D eigenvalue weighted by molar-refractivity contribution is 0.719. The van der Waals surface area contributed by atoms with E-state index in [9.17, 15) is 0 Å². The SMILES string of the molecule is N#CC1=C(C#N)CC(C#N)C1. The Bertz CT molecular complexity index is 293. The molecule has 0 heterocycles. The van der Waals surface area contributed by atoms with Gasteiger partial charge < -0.3 is 0 Å². The Morgan fingerprint density at radius 1 is 1.00 bits per heavy atom. The first-order chi connectivity index (χ1) is 5.31. The van der Waals surface area contributed by atoms with Crippen molar-refractivity contribution in [1.29, 1.82) is 15.8 Å². The topological polar surface area (TPSA) is 71.4 Å². The minimum Gasteiger partial charge on any atom is -0.198 e. The molecule has 11 heavy (non-hydrogen) atoms. The largest absolute Gasteiger partial charge is 0.198 e. The van der Waals surface area contributed by atoms with Gasteiger partial charge in [0.25, 0.3) is 0 Å². The van der Waals surface area contributed by atoms with Crippen LogP contribution in [0.5, 0.6) is 0 Å². The molecule has 0 saturated carbocycles. The van der Waals surface area contributed by atoms with Gasteiger partial charge in [0.15, 0.2) is 0 Å². The van der Waals surface area contributed by atoms with E-state index in [0.29, 0.717) is 24.0 Å². The maximum atomic E-state index is 8.51. The highest BCUT2D eigenvalue weighted by Gasteiger charge is 2.23. The van der Waals surface area contributed by atoms with Gasteiger partial charge in [-0.15, -0.1) is 0 Å². The average molecular weight is 143 g/mol. The lowest BCUT2D eigenvalue weighted by Crippen LogP contribution is -1.87. The van der Waals surface area contributed by atoms with Gasteiger partial charge >= 0.3 is 0 Å². The van der Waals surface area contributed by atoms with Gasteiger partial charge in [-0.05, 0) is 12.8 Å². The summed E-state index contributed by atoms with van der Waals surface area (Å²) in [6.45, 7) is 0. The summed E-state index contributed by atoms with van der Waals surface area (Å²) in [6.07, 6.45) is 0.909. The maximum Gasteiger partial charge on any atom is 0.0957 e. The molecule has 0 spiro atoms. The van der Waals surface area contributed by atoms with Gasteiger partial charge in [-0.1, -0.05) is 0 Å². The average Bonchev–Trinajstić information content (AvgIpc) is 2.46. The van der Waals surface area contributed by atoms with E-state index in [1.54, 1.807) is 0 Å². The first-order valence-corrected chi connectivity index (χ1v) is 3.23. The van der Waals surface area contributed by atoms with Crippen LogP contribution in [0.1, 0.15) is 12.8 Å². The van der Waals surface area contributed by atoms with Gasteiger partial charge in [0, 0.05) is 11.1 Å². The van der Waals surface area contributed by atoms with Gasteiger partial charge in [0.1, 0.15) is 0 Å². The summed E-state index contributed by atoms with van der Waals surface area (Å²) in [7, 11) is 0. The van der Waals surface area contributed by atoms with Gasteiger partial charge in [-0.2, -0.15) is 15.8 Å². The molecule has 1 aliphatic carbocycles. The molecule has 0 bridgehead atoms. The van der Waals surface area contributed by atoms with Crippen LogP contribution in [0, 0.1) is 39.9 Å². The van der Waals surface area contributed by atoms with Crippen molar-refractivity contribution >= 4 is 0 Å². The van der Waals surface area contributed by atoms with Crippen LogP contribution in [0.3, 0.4) is 0 Å². The molecule has 1 rings (SSSR count). The lowest BCUT2D eigenvalue weighted by atomic mass is 10.1. The van der Waals surface area contributed by atoms with Crippen LogP contribution in [0.15, 0.2) is 11.1 Å². The second-order valence-electron chi connectivity index (χ2n) is 2.41. The number of hydrogen-bond donors (Lipinski definition) is 0. The highest BCUT2D eigenvalue weighted by atomic mass is 14.4. The summed E-state index contributed by atoms with van der Waals surface area (Å²) in [5, 5.41) is 25.5. The fourth-order valence-electron chi connectivity index (χ4n) is 1.13. The number of nitrogens with zero attached hydrogens (tertiary/aromatic N) is 3. The van der Waals surface area contributed by atoms with Crippen molar-refractivity contribution in [2.24, 2.45) is 5.92 Å². The fraction of sp³-hybridized carbons (Fsp3) is 0.375. The molecule has 0 atom stereocenters. The van der Waals surface area contributed by atoms with E-state index < -0.39 is 0 Å². The van der Waals surface area contributed by atoms with E-state index in [1.165, 1.54) is 0 Å². The van der Waals surface area contributed by atoms with Gasteiger partial charge in [0.05, 0.1) is 24.1 Å². The molecule has 1 aliphatic rings. The third kappa shape index (κ3) is 1.20. The molecule has 0 N–H and O–H groups in total. The minimum absolute atomic E-state index is 0.153. The van der Waals surface area contributed by atoms with Gasteiger partial charge in [-0.25, -0.2) is 0 Å². The second kappa shape index (κ2) is 2.86. The highest BCUT2D eigenvalue weighted by molar-refractivity contribution is 5.42. The summed E-state index contributed by atoms with van der Waals surface area (Å²) < 4.78 is 0. The lowest BCUT2D eigenvalue weighted by Gasteiger charge is -1.90. The molecule has 0 aromatic carbocycles. The zero-order valence-electron chi connectivity index (χ0n) is 5.83. The number of hydrogen-bond acceptors (Lipinski definition) is 3. The molecule has 0 aliphatic heterocycles. The van der Waals surface area contributed by atoms with Crippen molar-refractivity contribution in [3.63, 3.8) is 0 Å². The molecule has 0 aromatic heterocycles. The molecule has 3 heteroatoms. The molecule has 0 fully saturated rings. The molecule has 0 amide bonds. The van der Waals surface area contributed by atoms with Crippen LogP contribution in [-0.2, 0) is 0 Å². The Labute approximate surface area is 64.8 Å². The zero-order valence-corrected chi connectivity index (χ0v) is 5.83. The quantitative estimate of drug-likeness (QED) is 0.512. The van der Waals surface area contributed by atoms with E-state index >= 15 is 0 Å². The fourth-order valence-corrected chi connectivity index (χ4v) is 1.13. The third-order valence-electron chi connectivity index (χ3n) is 1.72. The predicted octanol–water partition coefficient (Wildman–Crippen LogP) is 1.26. The Morgan fingerprint density at radius 3 is 1.73 bits per heavy atom. The minimum atomic E-state index is -0.153. The Balaban J connectivity index is 2.86. The predicted molar refractivity (Wildman–Crippen MR) is 36.6 cm³/mol. The summed E-state index contributed by atoms with van der Waals surface area (Å²) >= 11 is 0. The number of allylic oxidation sites excluding steroid dienone is 2. The van der Waals surface area contributed by atoms with Crippen molar-refractivity contribution in [3.8, 4) is 18.2 Å². The van der Waals surface area contributed by atoms with E-state index in [4.69, 9.17) is 15.8 Å². The van der Waals surface area contributed by atoms with Crippen LogP contribution >= 0.6 is 0 Å². The Morgan fingerprint density at radius 2 is 1.45 bits per heavy atom. The summed E-state index contributed by atoms with van der Waals surface area (Å²) in [5.74, 6) is -0.153. The summed E-state index contributed by atoms with van der Waals surface area (Å²) in [4.78, 5) is 0. The standard InChI is InChI=1S/C8H5N3/c9-3-6-1-7(4-10)8(2-6)5-11/h6H,1-2H2. The molecule has 0 unspecified atom stereocenters. The van der Waals surface area contributed by atoms with E-state index in [0.717, 1.165) is 0 Å². The monoisotopic (exact) mass is 143 g/mol. The van der Waals surface area contributed by atoms with Gasteiger partial charge in [-0.3, -0.25) is 0 Å². The van der Waals surface area contributed by atoms with Crippen LogP contribution < -0.4 is 0 Å². The smallest absolute Gasteiger partial charge is 0.0957 e. The molecule has 0 radical (unpaired) electrons. The van der Waals surface area contributed by atoms with Crippen molar-refractivity contribution in [2.75, 3.05) is 0 Å². The highest BCUT2D eigenvalue weighted by Crippen LogP contribution is 2.29. The normalized spacial score (nSPS) is 17.2. The van der Waals surface area contributed by atoms with Crippen molar-refractivity contribution < 1.29 is 0 Å². The van der Waals surface area contributed by atoms with E-state index in [2.05, 4.69) is 0 Å². The van der Waals surface area contributed by atoms with Crippen LogP contribution in [0.25, 0.3) is 0 Å². The van der Waals surface area contributed by atoms with E-state index in [-0.39, 0.29) is 5.92 Å². The van der Waals surface area contributed by atoms with Crippen LogP contribution in [-0.4, -0.2) is 0 Å². The third-order valence-corrected chi connectivity index (χ3v) is 1.72. The summed E-state index contributed by atoms with van der Waals surface area (Å²) in [5.41, 5.74) is 0.970. The van der Waals surface area contributed by atoms with Crippen molar-refractivity contribution in [2.45, 2.75) is 12.8 Å². The molecular weight excluding hydrogens is 138 g/mol. The second-order valence-corrected chi connectivity index (χ2v) is 2.41. The Kier molecular flexibility index (Phi) is 1.90. The van der Waals surface area contributed by atoms with E-state index in [1.807, 2.05) is 18.2 Å². The summed E-state index contributed by atoms with van der Waals surface area (Å²) in [6, 6.07) is 5.92. The number of rotatable bonds is 0. The van der Waals surface area contributed by atoms with Crippen molar-refractivity contribution in [1.82, 2.24) is 0 Å². The van der Waals surface area contributed by atoms with Crippen LogP contribution in [0.4, 0.5) is 0 Å². The molecular formula is C8H5N3. The zero-order chi connectivity index (χ0) is 8.27. The maximum absolute atomic E-state index is 8.51. The first-order valence-electron chi connectivity index (χ1n) is 3.23. The number of nitriles is 3. The first kappa shape index (κ1) is 7.32.